The lowest BCUT2D eigenvalue weighted by Crippen LogP contribution is -2.36. The number of carbonyl (C=O) groups is 1. The molecular formula is C16H14Cl3NO4S. The largest absolute Gasteiger partial charge is 0.465 e. The van der Waals surface area contributed by atoms with Crippen LogP contribution in [0, 0.1) is 0 Å². The average molecular weight is 423 g/mol. The summed E-state index contributed by atoms with van der Waals surface area (Å²) in [4.78, 5) is 11.9. The van der Waals surface area contributed by atoms with Crippen molar-refractivity contribution in [3.05, 3.63) is 57.5 Å². The molecule has 0 saturated heterocycles. The molecule has 0 spiro atoms. The first-order chi connectivity index (χ1) is 11.7. The van der Waals surface area contributed by atoms with Crippen LogP contribution in [0.2, 0.25) is 15.1 Å². The molecule has 25 heavy (non-hydrogen) atoms. The first-order valence-electron chi connectivity index (χ1n) is 7.14. The lowest BCUT2D eigenvalue weighted by Gasteiger charge is -2.24. The first-order valence-corrected chi connectivity index (χ1v) is 9.71. The smallest absolute Gasteiger partial charge is 0.326 e. The summed E-state index contributed by atoms with van der Waals surface area (Å²) < 4.78 is 31.8. The molecule has 0 aliphatic heterocycles. The van der Waals surface area contributed by atoms with Crippen molar-refractivity contribution in [2.45, 2.75) is 11.8 Å². The summed E-state index contributed by atoms with van der Waals surface area (Å²) in [5.74, 6) is -0.698. The molecule has 0 heterocycles. The summed E-state index contributed by atoms with van der Waals surface area (Å²) in [6.45, 7) is 1.24. The van der Waals surface area contributed by atoms with Crippen LogP contribution in [-0.2, 0) is 19.6 Å². The summed E-state index contributed by atoms with van der Waals surface area (Å²) in [7, 11) is -4.06. The first kappa shape index (κ1) is 19.8. The SMILES string of the molecule is CCOC(=O)CN(c1cc(Cl)cc(Cl)c1)S(=O)(=O)c1ccc(Cl)cc1. The maximum Gasteiger partial charge on any atom is 0.326 e. The van der Waals surface area contributed by atoms with Crippen LogP contribution in [0.3, 0.4) is 0 Å². The lowest BCUT2D eigenvalue weighted by molar-refractivity contribution is -0.141. The van der Waals surface area contributed by atoms with Crippen molar-refractivity contribution < 1.29 is 17.9 Å². The fourth-order valence-corrected chi connectivity index (χ4v) is 4.09. The van der Waals surface area contributed by atoms with Gasteiger partial charge in [-0.25, -0.2) is 8.42 Å². The van der Waals surface area contributed by atoms with Gasteiger partial charge in [0.2, 0.25) is 0 Å². The molecule has 0 saturated carbocycles. The van der Waals surface area contributed by atoms with Crippen molar-refractivity contribution in [1.82, 2.24) is 0 Å². The third kappa shape index (κ3) is 5.01. The van der Waals surface area contributed by atoms with Gasteiger partial charge in [-0.2, -0.15) is 0 Å². The summed E-state index contributed by atoms with van der Waals surface area (Å²) in [5, 5.41) is 0.868. The summed E-state index contributed by atoms with van der Waals surface area (Å²) in [6.07, 6.45) is 0. The van der Waals surface area contributed by atoms with Gasteiger partial charge in [0.05, 0.1) is 17.2 Å². The number of sulfonamides is 1. The van der Waals surface area contributed by atoms with Gasteiger partial charge in [0.25, 0.3) is 10.0 Å². The standard InChI is InChI=1S/C16H14Cl3NO4S/c1-2-24-16(21)10-20(14-8-12(18)7-13(19)9-14)25(22,23)15-5-3-11(17)4-6-15/h3-9H,2,10H2,1H3. The molecular weight excluding hydrogens is 409 g/mol. The third-order valence-electron chi connectivity index (χ3n) is 3.11. The predicted octanol–water partition coefficient (Wildman–Crippen LogP) is 4.41. The Morgan fingerprint density at radius 2 is 1.56 bits per heavy atom. The van der Waals surface area contributed by atoms with Gasteiger partial charge in [0.1, 0.15) is 6.54 Å². The van der Waals surface area contributed by atoms with E-state index in [2.05, 4.69) is 0 Å². The van der Waals surface area contributed by atoms with Crippen LogP contribution >= 0.6 is 34.8 Å². The van der Waals surface area contributed by atoms with Gasteiger partial charge in [-0.05, 0) is 49.4 Å². The van der Waals surface area contributed by atoms with E-state index in [-0.39, 0.29) is 27.2 Å². The van der Waals surface area contributed by atoms with Crippen LogP contribution in [-0.4, -0.2) is 27.5 Å². The van der Waals surface area contributed by atoms with E-state index in [4.69, 9.17) is 39.5 Å². The van der Waals surface area contributed by atoms with Crippen LogP contribution < -0.4 is 4.31 Å². The maximum absolute atomic E-state index is 13.0. The maximum atomic E-state index is 13.0. The molecule has 0 amide bonds. The van der Waals surface area contributed by atoms with E-state index in [0.29, 0.717) is 5.02 Å². The number of anilines is 1. The molecule has 0 atom stereocenters. The zero-order valence-corrected chi connectivity index (χ0v) is 16.2. The highest BCUT2D eigenvalue weighted by Crippen LogP contribution is 2.30. The van der Waals surface area contributed by atoms with Crippen LogP contribution in [0.15, 0.2) is 47.4 Å². The van der Waals surface area contributed by atoms with Crippen molar-refractivity contribution in [3.63, 3.8) is 0 Å². The number of hydrogen-bond acceptors (Lipinski definition) is 4. The molecule has 2 aromatic carbocycles. The minimum absolute atomic E-state index is 0.0303. The number of ether oxygens (including phenoxy) is 1. The molecule has 2 rings (SSSR count). The van der Waals surface area contributed by atoms with E-state index in [1.54, 1.807) is 6.92 Å². The Morgan fingerprint density at radius 1 is 1.00 bits per heavy atom. The van der Waals surface area contributed by atoms with Gasteiger partial charge in [-0.3, -0.25) is 9.10 Å². The quantitative estimate of drug-likeness (QED) is 0.647. The number of esters is 1. The van der Waals surface area contributed by atoms with Gasteiger partial charge in [-0.1, -0.05) is 34.8 Å². The zero-order chi connectivity index (χ0) is 18.6. The van der Waals surface area contributed by atoms with Crippen molar-refractivity contribution in [1.29, 1.82) is 0 Å². The summed E-state index contributed by atoms with van der Waals surface area (Å²) in [5.41, 5.74) is 0.153. The average Bonchev–Trinajstić information content (AvgIpc) is 2.52. The molecule has 0 aromatic heterocycles. The Bertz CT molecular complexity index is 849. The number of benzene rings is 2. The Balaban J connectivity index is 2.53. The predicted molar refractivity (Wildman–Crippen MR) is 99.1 cm³/mol. The highest BCUT2D eigenvalue weighted by atomic mass is 35.5. The van der Waals surface area contributed by atoms with Crippen molar-refractivity contribution in [2.24, 2.45) is 0 Å². The second kappa shape index (κ2) is 8.27. The minimum atomic E-state index is -4.06. The van der Waals surface area contributed by atoms with E-state index in [0.717, 1.165) is 4.31 Å². The molecule has 0 aliphatic carbocycles. The molecule has 5 nitrogen and oxygen atoms in total. The fraction of sp³-hybridized carbons (Fsp3) is 0.188. The van der Waals surface area contributed by atoms with Crippen molar-refractivity contribution in [2.75, 3.05) is 17.5 Å². The number of carbonyl (C=O) groups excluding carboxylic acids is 1. The molecule has 9 heteroatoms. The van der Waals surface area contributed by atoms with Gasteiger partial charge >= 0.3 is 5.97 Å². The Kier molecular flexibility index (Phi) is 6.57. The Labute approximate surface area is 161 Å². The second-order valence-corrected chi connectivity index (χ2v) is 8.07. The van der Waals surface area contributed by atoms with Crippen LogP contribution in [0.25, 0.3) is 0 Å². The molecule has 134 valence electrons. The number of hydrogen-bond donors (Lipinski definition) is 0. The van der Waals surface area contributed by atoms with Gasteiger partial charge in [-0.15, -0.1) is 0 Å². The zero-order valence-electron chi connectivity index (χ0n) is 13.1. The molecule has 0 fully saturated rings. The van der Waals surface area contributed by atoms with E-state index in [9.17, 15) is 13.2 Å². The van der Waals surface area contributed by atoms with Crippen LogP contribution in [0.1, 0.15) is 6.92 Å². The molecule has 0 radical (unpaired) electrons. The second-order valence-electron chi connectivity index (χ2n) is 4.90. The Morgan fingerprint density at radius 3 is 2.08 bits per heavy atom. The summed E-state index contributed by atoms with van der Waals surface area (Å²) in [6, 6.07) is 9.86. The summed E-state index contributed by atoms with van der Waals surface area (Å²) >= 11 is 17.7. The normalized spacial score (nSPS) is 11.2. The van der Waals surface area contributed by atoms with E-state index < -0.39 is 22.5 Å². The lowest BCUT2D eigenvalue weighted by atomic mass is 10.3. The van der Waals surface area contributed by atoms with E-state index in [1.165, 1.54) is 42.5 Å². The highest BCUT2D eigenvalue weighted by Gasteiger charge is 2.28. The molecule has 0 unspecified atom stereocenters. The van der Waals surface area contributed by atoms with Crippen LogP contribution in [0.5, 0.6) is 0 Å². The van der Waals surface area contributed by atoms with Crippen molar-refractivity contribution in [3.8, 4) is 0 Å². The number of rotatable bonds is 6. The Hall–Kier alpha value is -1.47. The van der Waals surface area contributed by atoms with E-state index >= 15 is 0 Å². The van der Waals surface area contributed by atoms with E-state index in [1.807, 2.05) is 0 Å². The third-order valence-corrected chi connectivity index (χ3v) is 5.59. The van der Waals surface area contributed by atoms with Gasteiger partial charge < -0.3 is 4.74 Å². The molecule has 0 bridgehead atoms. The number of nitrogens with zero attached hydrogens (tertiary/aromatic N) is 1. The van der Waals surface area contributed by atoms with Crippen LogP contribution in [0.4, 0.5) is 5.69 Å². The monoisotopic (exact) mass is 421 g/mol. The molecule has 0 N–H and O–H groups in total. The van der Waals surface area contributed by atoms with Crippen molar-refractivity contribution >= 4 is 56.5 Å². The topological polar surface area (TPSA) is 63.7 Å². The van der Waals surface area contributed by atoms with Gasteiger partial charge in [0.15, 0.2) is 0 Å². The number of halogens is 3. The highest BCUT2D eigenvalue weighted by molar-refractivity contribution is 7.92. The molecule has 0 aliphatic rings. The molecule has 2 aromatic rings. The minimum Gasteiger partial charge on any atom is -0.465 e. The fourth-order valence-electron chi connectivity index (χ4n) is 2.06. The van der Waals surface area contributed by atoms with Gasteiger partial charge in [0, 0.05) is 15.1 Å².